The van der Waals surface area contributed by atoms with Crippen LogP contribution in [0.5, 0.6) is 0 Å². The van der Waals surface area contributed by atoms with E-state index < -0.39 is 20.2 Å². The van der Waals surface area contributed by atoms with Gasteiger partial charge in [0.25, 0.3) is 10.1 Å². The number of hydrogen-bond donors (Lipinski definition) is 2. The molecule has 0 spiro atoms. The molecule has 1 aliphatic carbocycles. The third-order valence-corrected chi connectivity index (χ3v) is 10.9. The molecule has 47 heavy (non-hydrogen) atoms. The smallest absolute Gasteiger partial charge is 0.282 e. The molecule has 0 radical (unpaired) electrons. The predicted octanol–water partition coefficient (Wildman–Crippen LogP) is 8.31. The molecule has 0 heterocycles. The van der Waals surface area contributed by atoms with Crippen molar-refractivity contribution >= 4 is 25.8 Å². The van der Waals surface area contributed by atoms with E-state index in [2.05, 4.69) is 32.9 Å². The molecule has 0 bridgehead atoms. The lowest BCUT2D eigenvalue weighted by Crippen LogP contribution is -2.14. The Morgan fingerprint density at radius 3 is 1.62 bits per heavy atom. The van der Waals surface area contributed by atoms with Gasteiger partial charge in [0.2, 0.25) is 0 Å². The van der Waals surface area contributed by atoms with Gasteiger partial charge in [0.15, 0.2) is 5.25 Å². The first-order valence-electron chi connectivity index (χ1n) is 15.3. The third-order valence-electron chi connectivity index (χ3n) is 8.84. The zero-order valence-corrected chi connectivity index (χ0v) is 29.1. The zero-order chi connectivity index (χ0) is 34.3. The molecule has 0 aromatic heterocycles. The number of aryl methyl sites for hydroxylation is 5. The van der Waals surface area contributed by atoms with Gasteiger partial charge in [0.1, 0.15) is 5.57 Å². The summed E-state index contributed by atoms with van der Waals surface area (Å²) in [5, 5.41) is -0.183. The van der Waals surface area contributed by atoms with Crippen molar-refractivity contribution in [1.82, 2.24) is 0 Å². The Kier molecular flexibility index (Phi) is 9.53. The highest BCUT2D eigenvalue weighted by Gasteiger charge is 2.35. The molecule has 6 nitrogen and oxygen atoms in total. The Bertz CT molecular complexity index is 2150. The molecule has 8 heteroatoms. The standard InChI is InChI=1S/C39H38O6S2/c1-24-19-25(2)35(26(3)20-24)22-30-11-15-32(16-12-30)38(34-9-7-8-10-37(34)46(40,41)42)33-17-13-31(14-18-33)23-36-27(4)21-28(5)39(29(36)6)47(43,44)45/h7-21H,22-23H2,1-6H3,(H-,40,41,42,43,44,45)/p+1. The van der Waals surface area contributed by atoms with Crippen molar-refractivity contribution in [1.29, 1.82) is 0 Å². The number of benzene rings is 4. The molecule has 4 aromatic carbocycles. The molecule has 0 unspecified atom stereocenters. The summed E-state index contributed by atoms with van der Waals surface area (Å²) in [6.45, 7) is 11.6. The minimum Gasteiger partial charge on any atom is -0.282 e. The monoisotopic (exact) mass is 667 g/mol. The van der Waals surface area contributed by atoms with Crippen molar-refractivity contribution in [2.24, 2.45) is 0 Å². The van der Waals surface area contributed by atoms with Crippen LogP contribution in [-0.2, 0) is 33.1 Å². The van der Waals surface area contributed by atoms with Crippen LogP contribution >= 0.6 is 0 Å². The summed E-state index contributed by atoms with van der Waals surface area (Å²) in [7, 11) is -8.92. The largest absolute Gasteiger partial charge is 0.331 e. The lowest BCUT2D eigenvalue weighted by Gasteiger charge is -2.17. The van der Waals surface area contributed by atoms with Crippen LogP contribution in [0.15, 0.2) is 102 Å². The van der Waals surface area contributed by atoms with E-state index >= 15 is 0 Å². The number of rotatable bonds is 8. The van der Waals surface area contributed by atoms with Gasteiger partial charge < -0.3 is 0 Å². The Morgan fingerprint density at radius 1 is 0.638 bits per heavy atom. The molecule has 5 rings (SSSR count). The SMILES string of the molecule is Cc1cc(C)c(Cc2ccc(C(=C3C=CC=C[C+]3S(=O)(=O)O)c3ccc(Cc4c(C)cc(C)c(S(=O)(=O)O)c4C)cc3)cc2)c(C)c1. The van der Waals surface area contributed by atoms with Gasteiger partial charge in [-0.15, -0.1) is 0 Å². The van der Waals surface area contributed by atoms with Crippen LogP contribution in [0.25, 0.3) is 5.57 Å². The van der Waals surface area contributed by atoms with Crippen LogP contribution in [0, 0.1) is 46.8 Å². The van der Waals surface area contributed by atoms with Crippen LogP contribution in [0.3, 0.4) is 0 Å². The molecular weight excluding hydrogens is 629 g/mol. The lowest BCUT2D eigenvalue weighted by atomic mass is 9.87. The van der Waals surface area contributed by atoms with Gasteiger partial charge in [0.05, 0.1) is 10.5 Å². The fraction of sp³-hybridized carbons (Fsp3) is 0.205. The summed E-state index contributed by atoms with van der Waals surface area (Å²) in [6.07, 6.45) is 7.60. The van der Waals surface area contributed by atoms with Gasteiger partial charge in [-0.1, -0.05) is 48.0 Å². The van der Waals surface area contributed by atoms with Gasteiger partial charge in [-0.05, 0) is 129 Å². The molecule has 1 aliphatic rings. The van der Waals surface area contributed by atoms with Crippen molar-refractivity contribution in [2.75, 3.05) is 0 Å². The topological polar surface area (TPSA) is 109 Å². The van der Waals surface area contributed by atoms with Gasteiger partial charge in [0, 0.05) is 35.4 Å². The summed E-state index contributed by atoms with van der Waals surface area (Å²) in [5.74, 6) is 0. The molecule has 4 aromatic rings. The maximum atomic E-state index is 12.5. The second-order valence-corrected chi connectivity index (χ2v) is 15.1. The molecule has 0 saturated carbocycles. The first-order chi connectivity index (χ1) is 22.0. The van der Waals surface area contributed by atoms with Crippen molar-refractivity contribution in [3.63, 3.8) is 0 Å². The van der Waals surface area contributed by atoms with Crippen molar-refractivity contribution in [2.45, 2.75) is 59.3 Å². The fourth-order valence-electron chi connectivity index (χ4n) is 6.73. The van der Waals surface area contributed by atoms with Crippen molar-refractivity contribution < 1.29 is 25.9 Å². The summed E-state index contributed by atoms with van der Waals surface area (Å²) in [4.78, 5) is -0.0664. The maximum absolute atomic E-state index is 12.5. The molecule has 2 N–H and O–H groups in total. The Labute approximate surface area is 278 Å². The second-order valence-electron chi connectivity index (χ2n) is 12.4. The highest BCUT2D eigenvalue weighted by molar-refractivity contribution is 7.89. The summed E-state index contributed by atoms with van der Waals surface area (Å²) in [5.41, 5.74) is 12.3. The Balaban J connectivity index is 1.56. The van der Waals surface area contributed by atoms with Crippen LogP contribution in [0.1, 0.15) is 66.8 Å². The third kappa shape index (κ3) is 7.36. The highest BCUT2D eigenvalue weighted by Crippen LogP contribution is 2.38. The van der Waals surface area contributed by atoms with E-state index in [1.807, 2.05) is 55.5 Å². The van der Waals surface area contributed by atoms with E-state index in [1.165, 1.54) is 28.3 Å². The second kappa shape index (κ2) is 13.1. The van der Waals surface area contributed by atoms with Crippen molar-refractivity contribution in [3.05, 3.63) is 169 Å². The minimum absolute atomic E-state index is 0.0664. The van der Waals surface area contributed by atoms with Crippen LogP contribution in [-0.4, -0.2) is 25.9 Å². The fourth-order valence-corrected chi connectivity index (χ4v) is 8.40. The van der Waals surface area contributed by atoms with Crippen molar-refractivity contribution in [3.8, 4) is 0 Å². The average Bonchev–Trinajstić information content (AvgIpc) is 2.97. The van der Waals surface area contributed by atoms with E-state index in [0.29, 0.717) is 28.7 Å². The summed E-state index contributed by atoms with van der Waals surface area (Å²) < 4.78 is 69.2. The summed E-state index contributed by atoms with van der Waals surface area (Å²) in [6, 6.07) is 21.9. The molecule has 0 fully saturated rings. The quantitative estimate of drug-likeness (QED) is 0.145. The van der Waals surface area contributed by atoms with Crippen LogP contribution in [0.4, 0.5) is 0 Å². The molecule has 0 amide bonds. The van der Waals surface area contributed by atoms with Gasteiger partial charge >= 0.3 is 10.1 Å². The number of allylic oxidation sites excluding steroid dienone is 3. The van der Waals surface area contributed by atoms with Gasteiger partial charge in [-0.25, -0.2) is 0 Å². The predicted molar refractivity (Wildman–Crippen MR) is 189 cm³/mol. The molecule has 0 atom stereocenters. The Morgan fingerprint density at radius 2 is 1.13 bits per heavy atom. The highest BCUT2D eigenvalue weighted by atomic mass is 32.2. The van der Waals surface area contributed by atoms with E-state index in [1.54, 1.807) is 38.1 Å². The van der Waals surface area contributed by atoms with Crippen LogP contribution in [0.2, 0.25) is 0 Å². The normalized spacial score (nSPS) is 14.5. The van der Waals surface area contributed by atoms with Gasteiger partial charge in [-0.3, -0.25) is 9.11 Å². The average molecular weight is 668 g/mol. The van der Waals surface area contributed by atoms with E-state index in [4.69, 9.17) is 0 Å². The van der Waals surface area contributed by atoms with E-state index in [0.717, 1.165) is 39.8 Å². The first kappa shape index (κ1) is 34.1. The lowest BCUT2D eigenvalue weighted by molar-refractivity contribution is 0.481. The molecule has 0 aliphatic heterocycles. The van der Waals surface area contributed by atoms with Gasteiger partial charge in [-0.2, -0.15) is 16.8 Å². The van der Waals surface area contributed by atoms with Crippen LogP contribution < -0.4 is 0 Å². The molecule has 242 valence electrons. The number of hydrogen-bond acceptors (Lipinski definition) is 4. The maximum Gasteiger partial charge on any atom is 0.331 e. The first-order valence-corrected chi connectivity index (χ1v) is 18.2. The Hall–Kier alpha value is -4.21. The molecular formula is C39H39O6S2+. The minimum atomic E-state index is -4.52. The molecule has 0 saturated heterocycles. The summed E-state index contributed by atoms with van der Waals surface area (Å²) >= 11 is 0. The van der Waals surface area contributed by atoms with E-state index in [-0.39, 0.29) is 10.1 Å². The zero-order valence-electron chi connectivity index (χ0n) is 27.4. The van der Waals surface area contributed by atoms with E-state index in [9.17, 15) is 25.9 Å².